The summed E-state index contributed by atoms with van der Waals surface area (Å²) in [4.78, 5) is 11.2. The molecule has 3 nitrogen and oxygen atoms in total. The van der Waals surface area contributed by atoms with E-state index in [0.29, 0.717) is 13.0 Å². The highest BCUT2D eigenvalue weighted by Gasteiger charge is 2.34. The SMILES string of the molecule is CC(C)(COC(=O)CCI)[N+](C)(C)C. The predicted molar refractivity (Wildman–Crippen MR) is 66.6 cm³/mol. The van der Waals surface area contributed by atoms with Gasteiger partial charge in [-0.1, -0.05) is 22.6 Å². The molecule has 0 heterocycles. The number of hydrogen-bond donors (Lipinski definition) is 0. The van der Waals surface area contributed by atoms with Crippen LogP contribution in [0.4, 0.5) is 0 Å². The van der Waals surface area contributed by atoms with E-state index in [4.69, 9.17) is 4.74 Å². The first-order valence-corrected chi connectivity index (χ1v) is 6.26. The lowest BCUT2D eigenvalue weighted by atomic mass is 10.0. The molecule has 0 amide bonds. The summed E-state index contributed by atoms with van der Waals surface area (Å²) in [5.74, 6) is -0.0964. The Hall–Kier alpha value is 0.160. The highest BCUT2D eigenvalue weighted by Crippen LogP contribution is 2.17. The van der Waals surface area contributed by atoms with Crippen LogP contribution in [0.1, 0.15) is 20.3 Å². The molecule has 0 aromatic carbocycles. The predicted octanol–water partition coefficient (Wildman–Crippen LogP) is 1.84. The van der Waals surface area contributed by atoms with E-state index in [0.717, 1.165) is 8.91 Å². The van der Waals surface area contributed by atoms with Crippen LogP contribution in [0.2, 0.25) is 0 Å². The summed E-state index contributed by atoms with van der Waals surface area (Å²) in [5.41, 5.74) is -0.0407. The van der Waals surface area contributed by atoms with Gasteiger partial charge in [0, 0.05) is 4.43 Å². The van der Waals surface area contributed by atoms with Crippen molar-refractivity contribution in [1.82, 2.24) is 0 Å². The molecule has 0 bridgehead atoms. The maximum absolute atomic E-state index is 11.2. The molecule has 84 valence electrons. The smallest absolute Gasteiger partial charge is 0.306 e. The third-order valence-corrected chi connectivity index (χ3v) is 3.24. The van der Waals surface area contributed by atoms with Gasteiger partial charge in [-0.3, -0.25) is 4.79 Å². The second-order valence-corrected chi connectivity index (χ2v) is 6.00. The second-order valence-electron chi connectivity index (χ2n) is 4.92. The third-order valence-electron chi connectivity index (χ3n) is 2.70. The van der Waals surface area contributed by atoms with Gasteiger partial charge in [0.25, 0.3) is 0 Å². The molecule has 0 aromatic rings. The van der Waals surface area contributed by atoms with E-state index in [1.165, 1.54) is 0 Å². The molecule has 0 saturated carbocycles. The normalized spacial score (nSPS) is 12.7. The van der Waals surface area contributed by atoms with Crippen molar-refractivity contribution in [2.45, 2.75) is 25.8 Å². The van der Waals surface area contributed by atoms with Crippen molar-refractivity contribution in [3.63, 3.8) is 0 Å². The summed E-state index contributed by atoms with van der Waals surface area (Å²) in [5, 5.41) is 0. The van der Waals surface area contributed by atoms with Crippen molar-refractivity contribution in [3.05, 3.63) is 0 Å². The van der Waals surface area contributed by atoms with E-state index in [-0.39, 0.29) is 11.5 Å². The van der Waals surface area contributed by atoms with Gasteiger partial charge in [-0.2, -0.15) is 0 Å². The Balaban J connectivity index is 4.06. The minimum absolute atomic E-state index is 0.0407. The lowest BCUT2D eigenvalue weighted by Gasteiger charge is -2.40. The van der Waals surface area contributed by atoms with Gasteiger partial charge < -0.3 is 9.22 Å². The number of esters is 1. The fourth-order valence-electron chi connectivity index (χ4n) is 0.600. The molecular weight excluding hydrogens is 293 g/mol. The molecular formula is C10H21INO2+. The molecule has 0 aliphatic heterocycles. The maximum Gasteiger partial charge on any atom is 0.306 e. The number of hydrogen-bond acceptors (Lipinski definition) is 2. The van der Waals surface area contributed by atoms with Crippen molar-refractivity contribution < 1.29 is 14.0 Å². The molecule has 0 aliphatic rings. The van der Waals surface area contributed by atoms with Gasteiger partial charge in [-0.15, -0.1) is 0 Å². The lowest BCUT2D eigenvalue weighted by Crippen LogP contribution is -2.56. The molecule has 0 spiro atoms. The molecule has 0 unspecified atom stereocenters. The van der Waals surface area contributed by atoms with Gasteiger partial charge in [0.2, 0.25) is 0 Å². The quantitative estimate of drug-likeness (QED) is 0.335. The fraction of sp³-hybridized carbons (Fsp3) is 0.900. The van der Waals surface area contributed by atoms with Crippen LogP contribution in [0.25, 0.3) is 0 Å². The number of rotatable bonds is 5. The van der Waals surface area contributed by atoms with Crippen molar-refractivity contribution in [3.8, 4) is 0 Å². The number of carbonyl (C=O) groups excluding carboxylic acids is 1. The average Bonchev–Trinajstić information content (AvgIpc) is 1.99. The summed E-state index contributed by atoms with van der Waals surface area (Å²) < 4.78 is 6.82. The number of likely N-dealkylation sites (N-methyl/N-ethyl adjacent to an activating group) is 1. The highest BCUT2D eigenvalue weighted by atomic mass is 127. The molecule has 0 N–H and O–H groups in total. The van der Waals surface area contributed by atoms with Crippen LogP contribution in [-0.2, 0) is 9.53 Å². The van der Waals surface area contributed by atoms with Gasteiger partial charge in [0.05, 0.1) is 27.6 Å². The minimum Gasteiger partial charge on any atom is -0.459 e. The van der Waals surface area contributed by atoms with Crippen LogP contribution < -0.4 is 0 Å². The van der Waals surface area contributed by atoms with Gasteiger partial charge in [0.15, 0.2) is 0 Å². The molecule has 0 atom stereocenters. The van der Waals surface area contributed by atoms with E-state index in [9.17, 15) is 4.79 Å². The Morgan fingerprint density at radius 2 is 1.86 bits per heavy atom. The first kappa shape index (κ1) is 14.2. The average molecular weight is 314 g/mol. The summed E-state index contributed by atoms with van der Waals surface area (Å²) in [6, 6.07) is 0. The van der Waals surface area contributed by atoms with Crippen molar-refractivity contribution in [2.24, 2.45) is 0 Å². The number of alkyl halides is 1. The number of quaternary nitrogens is 1. The van der Waals surface area contributed by atoms with Gasteiger partial charge in [-0.25, -0.2) is 0 Å². The van der Waals surface area contributed by atoms with Crippen molar-refractivity contribution in [2.75, 3.05) is 32.2 Å². The van der Waals surface area contributed by atoms with Crippen LogP contribution in [-0.4, -0.2) is 48.2 Å². The monoisotopic (exact) mass is 314 g/mol. The number of nitrogens with zero attached hydrogens (tertiary/aromatic N) is 1. The Morgan fingerprint density at radius 3 is 2.21 bits per heavy atom. The van der Waals surface area contributed by atoms with E-state index in [2.05, 4.69) is 57.6 Å². The zero-order valence-electron chi connectivity index (χ0n) is 9.76. The standard InChI is InChI=1S/C10H21INO2/c1-10(2,12(3,4)5)8-14-9(13)6-7-11/h6-8H2,1-5H3/q+1. The summed E-state index contributed by atoms with van der Waals surface area (Å²) in [6.45, 7) is 4.68. The largest absolute Gasteiger partial charge is 0.459 e. The van der Waals surface area contributed by atoms with Crippen molar-refractivity contribution >= 4 is 28.6 Å². The Bertz CT molecular complexity index is 197. The Morgan fingerprint density at radius 1 is 1.36 bits per heavy atom. The molecule has 4 heteroatoms. The van der Waals surface area contributed by atoms with E-state index < -0.39 is 0 Å². The maximum atomic E-state index is 11.2. The van der Waals surface area contributed by atoms with E-state index in [1.54, 1.807) is 0 Å². The summed E-state index contributed by atoms with van der Waals surface area (Å²) in [6.07, 6.45) is 0.508. The van der Waals surface area contributed by atoms with Crippen LogP contribution in [0.3, 0.4) is 0 Å². The first-order chi connectivity index (χ1) is 6.20. The van der Waals surface area contributed by atoms with E-state index >= 15 is 0 Å². The summed E-state index contributed by atoms with van der Waals surface area (Å²) in [7, 11) is 6.31. The molecule has 0 fully saturated rings. The summed E-state index contributed by atoms with van der Waals surface area (Å²) >= 11 is 2.17. The number of halogens is 1. The number of carbonyl (C=O) groups is 1. The lowest BCUT2D eigenvalue weighted by molar-refractivity contribution is -0.919. The fourth-order valence-corrected chi connectivity index (χ4v) is 1.04. The van der Waals surface area contributed by atoms with Crippen molar-refractivity contribution in [1.29, 1.82) is 0 Å². The highest BCUT2D eigenvalue weighted by molar-refractivity contribution is 14.1. The molecule has 0 aliphatic carbocycles. The van der Waals surface area contributed by atoms with Gasteiger partial charge in [-0.05, 0) is 13.8 Å². The first-order valence-electron chi connectivity index (χ1n) is 4.74. The topological polar surface area (TPSA) is 26.3 Å². The van der Waals surface area contributed by atoms with Crippen LogP contribution >= 0.6 is 22.6 Å². The molecule has 0 rings (SSSR count). The zero-order chi connectivity index (χ0) is 11.4. The van der Waals surface area contributed by atoms with Gasteiger partial charge >= 0.3 is 5.97 Å². The molecule has 14 heavy (non-hydrogen) atoms. The molecule has 0 saturated heterocycles. The van der Waals surface area contributed by atoms with E-state index in [1.807, 2.05) is 0 Å². The zero-order valence-corrected chi connectivity index (χ0v) is 11.9. The van der Waals surface area contributed by atoms with Crippen LogP contribution in [0.5, 0.6) is 0 Å². The Labute approximate surface area is 101 Å². The van der Waals surface area contributed by atoms with Gasteiger partial charge in [0.1, 0.15) is 12.1 Å². The van der Waals surface area contributed by atoms with Crippen LogP contribution in [0.15, 0.2) is 0 Å². The molecule has 0 aromatic heterocycles. The third kappa shape index (κ3) is 4.59. The molecule has 0 radical (unpaired) electrons. The second kappa shape index (κ2) is 5.30. The number of ether oxygens (including phenoxy) is 1. The Kier molecular flexibility index (Phi) is 5.36. The van der Waals surface area contributed by atoms with Crippen LogP contribution in [0, 0.1) is 0 Å². The minimum atomic E-state index is -0.0964.